The van der Waals surface area contributed by atoms with Crippen LogP contribution < -0.4 is 0 Å². The van der Waals surface area contributed by atoms with Crippen LogP contribution >= 0.6 is 0 Å². The summed E-state index contributed by atoms with van der Waals surface area (Å²) in [5.74, 6) is 0.322. The van der Waals surface area contributed by atoms with Crippen LogP contribution in [0.3, 0.4) is 0 Å². The molecule has 0 aliphatic heterocycles. The van der Waals surface area contributed by atoms with E-state index < -0.39 is 0 Å². The first kappa shape index (κ1) is 15.3. The van der Waals surface area contributed by atoms with E-state index in [1.165, 1.54) is 0 Å². The molecule has 0 radical (unpaired) electrons. The predicted octanol–water partition coefficient (Wildman–Crippen LogP) is 4.30. The lowest BCUT2D eigenvalue weighted by atomic mass is 10.0. The summed E-state index contributed by atoms with van der Waals surface area (Å²) in [6.45, 7) is 2.14. The lowest BCUT2D eigenvalue weighted by Gasteiger charge is -2.09. The molecule has 102 valence electrons. The number of hydrogen-bond acceptors (Lipinski definition) is 2. The van der Waals surface area contributed by atoms with Gasteiger partial charge in [-0.3, -0.25) is 0 Å². The minimum atomic E-state index is -0.272. The lowest BCUT2D eigenvalue weighted by molar-refractivity contribution is 0.164. The van der Waals surface area contributed by atoms with Crippen molar-refractivity contribution >= 4 is 0 Å². The number of hydrogen-bond donors (Lipinski definition) is 2. The summed E-state index contributed by atoms with van der Waals surface area (Å²) >= 11 is 0. The predicted molar refractivity (Wildman–Crippen MR) is 79.0 cm³/mol. The second-order valence-corrected chi connectivity index (χ2v) is 4.40. The number of aliphatic hydroxyl groups excluding tert-OH is 1. The minimum absolute atomic E-state index is 0.272. The van der Waals surface area contributed by atoms with Gasteiger partial charge in [-0.05, 0) is 24.1 Å². The maximum Gasteiger partial charge on any atom is 0.115 e. The van der Waals surface area contributed by atoms with Crippen molar-refractivity contribution < 1.29 is 10.2 Å². The largest absolute Gasteiger partial charge is 0.508 e. The zero-order chi connectivity index (χ0) is 13.9. The van der Waals surface area contributed by atoms with Gasteiger partial charge < -0.3 is 10.2 Å². The molecule has 0 bridgehead atoms. The monoisotopic (exact) mass is 258 g/mol. The first-order valence-corrected chi connectivity index (χ1v) is 6.71. The van der Waals surface area contributed by atoms with Gasteiger partial charge in [0, 0.05) is 0 Å². The molecular formula is C17H22O2. The summed E-state index contributed by atoms with van der Waals surface area (Å²) in [4.78, 5) is 0. The number of phenols is 1. The molecular weight excluding hydrogens is 236 g/mol. The zero-order valence-electron chi connectivity index (χ0n) is 11.4. The molecule has 2 rings (SSSR count). The van der Waals surface area contributed by atoms with Crippen LogP contribution in [0.15, 0.2) is 60.7 Å². The van der Waals surface area contributed by atoms with Gasteiger partial charge in [0.05, 0.1) is 6.10 Å². The summed E-state index contributed by atoms with van der Waals surface area (Å²) in [7, 11) is 0. The van der Waals surface area contributed by atoms with E-state index in [0.29, 0.717) is 5.75 Å². The topological polar surface area (TPSA) is 40.5 Å². The van der Waals surface area contributed by atoms with Crippen molar-refractivity contribution in [2.24, 2.45) is 0 Å². The highest BCUT2D eigenvalue weighted by molar-refractivity contribution is 5.18. The fourth-order valence-electron chi connectivity index (χ4n) is 1.67. The molecule has 2 aromatic carbocycles. The standard InChI is InChI=1S/C11H16O.C6H6O/c1-2-3-9-11(12)10-7-5-4-6-8-10;7-6-4-2-1-3-5-6/h4-8,11-12H,2-3,9H2,1H3;1-5,7H. The molecule has 0 heterocycles. The van der Waals surface area contributed by atoms with Gasteiger partial charge >= 0.3 is 0 Å². The Labute approximate surface area is 115 Å². The lowest BCUT2D eigenvalue weighted by Crippen LogP contribution is -1.95. The Morgan fingerprint density at radius 2 is 1.42 bits per heavy atom. The van der Waals surface area contributed by atoms with E-state index in [1.54, 1.807) is 24.3 Å². The van der Waals surface area contributed by atoms with Crippen molar-refractivity contribution in [2.75, 3.05) is 0 Å². The summed E-state index contributed by atoms with van der Waals surface area (Å²) in [6.07, 6.45) is 2.84. The quantitative estimate of drug-likeness (QED) is 0.858. The summed E-state index contributed by atoms with van der Waals surface area (Å²) < 4.78 is 0. The van der Waals surface area contributed by atoms with Crippen LogP contribution in [-0.4, -0.2) is 10.2 Å². The van der Waals surface area contributed by atoms with Gasteiger partial charge in [-0.2, -0.15) is 0 Å². The molecule has 0 spiro atoms. The molecule has 1 unspecified atom stereocenters. The van der Waals surface area contributed by atoms with E-state index in [9.17, 15) is 5.11 Å². The molecule has 0 aromatic heterocycles. The molecule has 0 fully saturated rings. The van der Waals surface area contributed by atoms with Crippen molar-refractivity contribution in [3.8, 4) is 5.75 Å². The molecule has 2 aromatic rings. The Morgan fingerprint density at radius 3 is 1.84 bits per heavy atom. The molecule has 0 amide bonds. The van der Waals surface area contributed by atoms with E-state index in [-0.39, 0.29) is 6.10 Å². The van der Waals surface area contributed by atoms with Crippen LogP contribution in [0.25, 0.3) is 0 Å². The van der Waals surface area contributed by atoms with Gasteiger partial charge in [0.2, 0.25) is 0 Å². The van der Waals surface area contributed by atoms with Gasteiger partial charge in [0.15, 0.2) is 0 Å². The number of rotatable bonds is 4. The number of para-hydroxylation sites is 1. The van der Waals surface area contributed by atoms with Gasteiger partial charge in [0.25, 0.3) is 0 Å². The van der Waals surface area contributed by atoms with E-state index in [4.69, 9.17) is 5.11 Å². The van der Waals surface area contributed by atoms with Crippen LogP contribution in [0.4, 0.5) is 0 Å². The molecule has 19 heavy (non-hydrogen) atoms. The Morgan fingerprint density at radius 1 is 0.895 bits per heavy atom. The van der Waals surface area contributed by atoms with Gasteiger partial charge in [-0.15, -0.1) is 0 Å². The summed E-state index contributed by atoms with van der Waals surface area (Å²) in [5, 5.41) is 18.3. The van der Waals surface area contributed by atoms with Crippen molar-refractivity contribution in [1.82, 2.24) is 0 Å². The molecule has 0 saturated carbocycles. The Bertz CT molecular complexity index is 426. The number of unbranched alkanes of at least 4 members (excludes halogenated alkanes) is 1. The van der Waals surface area contributed by atoms with Crippen LogP contribution in [0.1, 0.15) is 37.9 Å². The first-order valence-electron chi connectivity index (χ1n) is 6.71. The fraction of sp³-hybridized carbons (Fsp3) is 0.294. The Hall–Kier alpha value is -1.80. The maximum absolute atomic E-state index is 9.65. The molecule has 0 aliphatic carbocycles. The highest BCUT2D eigenvalue weighted by atomic mass is 16.3. The molecule has 1 atom stereocenters. The summed E-state index contributed by atoms with van der Waals surface area (Å²) in [6, 6.07) is 18.6. The Balaban J connectivity index is 0.000000218. The summed E-state index contributed by atoms with van der Waals surface area (Å²) in [5.41, 5.74) is 1.03. The van der Waals surface area contributed by atoms with Crippen molar-refractivity contribution in [3.05, 3.63) is 66.2 Å². The first-order chi connectivity index (χ1) is 9.24. The van der Waals surface area contributed by atoms with E-state index >= 15 is 0 Å². The number of benzene rings is 2. The van der Waals surface area contributed by atoms with Crippen LogP contribution in [-0.2, 0) is 0 Å². The number of aromatic hydroxyl groups is 1. The second-order valence-electron chi connectivity index (χ2n) is 4.40. The molecule has 0 saturated heterocycles. The third-order valence-corrected chi connectivity index (χ3v) is 2.77. The average Bonchev–Trinajstić information content (AvgIpc) is 2.47. The third-order valence-electron chi connectivity index (χ3n) is 2.77. The second kappa shape index (κ2) is 9.17. The smallest absolute Gasteiger partial charge is 0.115 e. The van der Waals surface area contributed by atoms with Crippen molar-refractivity contribution in [2.45, 2.75) is 32.3 Å². The number of phenolic OH excluding ortho intramolecular Hbond substituents is 1. The Kier molecular flexibility index (Phi) is 7.37. The highest BCUT2D eigenvalue weighted by Crippen LogP contribution is 2.17. The van der Waals surface area contributed by atoms with Gasteiger partial charge in [-0.1, -0.05) is 68.3 Å². The normalized spacial score (nSPS) is 11.3. The fourth-order valence-corrected chi connectivity index (χ4v) is 1.67. The van der Waals surface area contributed by atoms with Crippen molar-refractivity contribution in [1.29, 1.82) is 0 Å². The van der Waals surface area contributed by atoms with Crippen LogP contribution in [0.2, 0.25) is 0 Å². The average molecular weight is 258 g/mol. The number of aliphatic hydroxyl groups is 1. The zero-order valence-corrected chi connectivity index (χ0v) is 11.4. The van der Waals surface area contributed by atoms with E-state index in [0.717, 1.165) is 24.8 Å². The van der Waals surface area contributed by atoms with E-state index in [1.807, 2.05) is 36.4 Å². The molecule has 2 N–H and O–H groups in total. The minimum Gasteiger partial charge on any atom is -0.508 e. The van der Waals surface area contributed by atoms with Gasteiger partial charge in [-0.25, -0.2) is 0 Å². The van der Waals surface area contributed by atoms with E-state index in [2.05, 4.69) is 6.92 Å². The van der Waals surface area contributed by atoms with Crippen LogP contribution in [0, 0.1) is 0 Å². The SMILES string of the molecule is CCCCC(O)c1ccccc1.Oc1ccccc1. The van der Waals surface area contributed by atoms with Crippen molar-refractivity contribution in [3.63, 3.8) is 0 Å². The van der Waals surface area contributed by atoms with Gasteiger partial charge in [0.1, 0.15) is 5.75 Å². The molecule has 0 aliphatic rings. The molecule has 2 heteroatoms. The molecule has 2 nitrogen and oxygen atoms in total. The maximum atomic E-state index is 9.65. The highest BCUT2D eigenvalue weighted by Gasteiger charge is 2.04. The third kappa shape index (κ3) is 6.63. The van der Waals surface area contributed by atoms with Crippen LogP contribution in [0.5, 0.6) is 5.75 Å².